The molecule has 0 atom stereocenters. The summed E-state index contributed by atoms with van der Waals surface area (Å²) in [6.45, 7) is 1.53. The summed E-state index contributed by atoms with van der Waals surface area (Å²) in [4.78, 5) is 43.1. The fourth-order valence-electron chi connectivity index (χ4n) is 4.41. The molecular formula is C28H22F3N3O3S. The second-order valence-corrected chi connectivity index (χ2v) is 9.85. The van der Waals surface area contributed by atoms with Gasteiger partial charge >= 0.3 is 0 Å². The Balaban J connectivity index is 1.26. The average molecular weight is 538 g/mol. The lowest BCUT2D eigenvalue weighted by molar-refractivity contribution is -0.123. The van der Waals surface area contributed by atoms with Gasteiger partial charge in [0.15, 0.2) is 0 Å². The SMILES string of the molecule is O=C(c1cccc(C=C2SC(=O)N(Cc3ccc(F)cc3F)C2=O)c1)N1CCN(c2ccccc2F)CC1. The van der Waals surface area contributed by atoms with Crippen molar-refractivity contribution in [2.75, 3.05) is 31.1 Å². The van der Waals surface area contributed by atoms with Gasteiger partial charge in [-0.25, -0.2) is 13.2 Å². The molecule has 2 saturated heterocycles. The Hall–Kier alpha value is -4.05. The quantitative estimate of drug-likeness (QED) is 0.414. The second-order valence-electron chi connectivity index (χ2n) is 8.86. The summed E-state index contributed by atoms with van der Waals surface area (Å²) in [5.41, 5.74) is 1.51. The van der Waals surface area contributed by atoms with Gasteiger partial charge in [0.05, 0.1) is 17.1 Å². The summed E-state index contributed by atoms with van der Waals surface area (Å²) in [7, 11) is 0. The molecule has 2 fully saturated rings. The van der Waals surface area contributed by atoms with Crippen LogP contribution in [0.25, 0.3) is 6.08 Å². The monoisotopic (exact) mass is 537 g/mol. The number of benzene rings is 3. The third-order valence-electron chi connectivity index (χ3n) is 6.41. The normalized spacial score (nSPS) is 17.0. The van der Waals surface area contributed by atoms with Gasteiger partial charge in [-0.15, -0.1) is 0 Å². The first-order valence-corrected chi connectivity index (χ1v) is 12.7. The molecule has 2 heterocycles. The van der Waals surface area contributed by atoms with Crippen molar-refractivity contribution >= 4 is 40.6 Å². The number of nitrogens with zero attached hydrogens (tertiary/aromatic N) is 3. The molecule has 2 aliphatic rings. The molecular weight excluding hydrogens is 515 g/mol. The summed E-state index contributed by atoms with van der Waals surface area (Å²) >= 11 is 0.717. The molecule has 38 heavy (non-hydrogen) atoms. The molecule has 10 heteroatoms. The van der Waals surface area contributed by atoms with Crippen LogP contribution in [0, 0.1) is 17.5 Å². The fourth-order valence-corrected chi connectivity index (χ4v) is 5.25. The Morgan fingerprint density at radius 3 is 2.37 bits per heavy atom. The van der Waals surface area contributed by atoms with E-state index in [9.17, 15) is 27.6 Å². The number of rotatable bonds is 5. The standard InChI is InChI=1S/C28H22F3N3O3S/c29-21-9-8-20(23(31)16-21)17-34-27(36)25(38-28(34)37)15-18-4-3-5-19(14-18)26(35)33-12-10-32(11-13-33)24-7-2-1-6-22(24)30/h1-9,14-16H,10-13,17H2. The largest absolute Gasteiger partial charge is 0.366 e. The topological polar surface area (TPSA) is 60.9 Å². The van der Waals surface area contributed by atoms with Gasteiger partial charge < -0.3 is 9.80 Å². The number of halogens is 3. The lowest BCUT2D eigenvalue weighted by Gasteiger charge is -2.36. The Morgan fingerprint density at radius 2 is 1.63 bits per heavy atom. The number of carbonyl (C=O) groups is 3. The zero-order chi connectivity index (χ0) is 26.8. The molecule has 0 bridgehead atoms. The predicted octanol–water partition coefficient (Wildman–Crippen LogP) is 5.30. The van der Waals surface area contributed by atoms with E-state index in [2.05, 4.69) is 0 Å². The molecule has 3 amide bonds. The second kappa shape index (κ2) is 10.7. The fraction of sp³-hybridized carbons (Fsp3) is 0.179. The van der Waals surface area contributed by atoms with Crippen LogP contribution in [0.5, 0.6) is 0 Å². The summed E-state index contributed by atoms with van der Waals surface area (Å²) in [6, 6.07) is 16.2. The van der Waals surface area contributed by atoms with Crippen LogP contribution in [-0.2, 0) is 11.3 Å². The Kier molecular flexibility index (Phi) is 7.24. The van der Waals surface area contributed by atoms with Gasteiger partial charge in [-0.2, -0.15) is 0 Å². The number of amides is 3. The van der Waals surface area contributed by atoms with Crippen LogP contribution in [0.2, 0.25) is 0 Å². The van der Waals surface area contributed by atoms with E-state index in [1.807, 2.05) is 4.90 Å². The number of thioether (sulfide) groups is 1. The van der Waals surface area contributed by atoms with Crippen molar-refractivity contribution in [3.63, 3.8) is 0 Å². The minimum atomic E-state index is -0.839. The van der Waals surface area contributed by atoms with Crippen LogP contribution in [-0.4, -0.2) is 53.0 Å². The third-order valence-corrected chi connectivity index (χ3v) is 7.32. The maximum atomic E-state index is 14.1. The molecule has 3 aromatic carbocycles. The van der Waals surface area contributed by atoms with Crippen LogP contribution >= 0.6 is 11.8 Å². The minimum absolute atomic E-state index is 0.0256. The van der Waals surface area contributed by atoms with Crippen molar-refractivity contribution in [2.24, 2.45) is 0 Å². The van der Waals surface area contributed by atoms with Crippen molar-refractivity contribution in [1.29, 1.82) is 0 Å². The van der Waals surface area contributed by atoms with Crippen molar-refractivity contribution in [3.8, 4) is 0 Å². The van der Waals surface area contributed by atoms with Crippen molar-refractivity contribution in [1.82, 2.24) is 9.80 Å². The highest BCUT2D eigenvalue weighted by atomic mass is 32.2. The minimum Gasteiger partial charge on any atom is -0.366 e. The maximum Gasteiger partial charge on any atom is 0.293 e. The molecule has 194 valence electrons. The zero-order valence-corrected chi connectivity index (χ0v) is 20.9. The van der Waals surface area contributed by atoms with Crippen molar-refractivity contribution in [2.45, 2.75) is 6.54 Å². The molecule has 2 aliphatic heterocycles. The first-order chi connectivity index (χ1) is 18.3. The number of para-hydroxylation sites is 1. The van der Waals surface area contributed by atoms with E-state index in [4.69, 9.17) is 0 Å². The third kappa shape index (κ3) is 5.31. The molecule has 3 aromatic rings. The maximum absolute atomic E-state index is 14.1. The molecule has 0 aromatic heterocycles. The zero-order valence-electron chi connectivity index (χ0n) is 20.1. The lowest BCUT2D eigenvalue weighted by atomic mass is 10.1. The highest BCUT2D eigenvalue weighted by Gasteiger charge is 2.35. The van der Waals surface area contributed by atoms with E-state index < -0.39 is 22.8 Å². The molecule has 0 saturated carbocycles. The van der Waals surface area contributed by atoms with E-state index in [0.29, 0.717) is 60.8 Å². The number of hydrogen-bond donors (Lipinski definition) is 0. The van der Waals surface area contributed by atoms with E-state index >= 15 is 0 Å². The van der Waals surface area contributed by atoms with E-state index in [0.717, 1.165) is 11.0 Å². The van der Waals surface area contributed by atoms with E-state index in [-0.39, 0.29) is 28.7 Å². The lowest BCUT2D eigenvalue weighted by Crippen LogP contribution is -2.49. The first-order valence-electron chi connectivity index (χ1n) is 11.9. The van der Waals surface area contributed by atoms with Crippen LogP contribution in [0.15, 0.2) is 71.6 Å². The number of carbonyl (C=O) groups excluding carboxylic acids is 3. The number of anilines is 1. The highest BCUT2D eigenvalue weighted by molar-refractivity contribution is 8.18. The number of piperazine rings is 1. The number of hydrogen-bond acceptors (Lipinski definition) is 5. The van der Waals surface area contributed by atoms with Gasteiger partial charge in [0.1, 0.15) is 17.5 Å². The number of imide groups is 1. The van der Waals surface area contributed by atoms with Crippen LogP contribution in [0.4, 0.5) is 23.7 Å². The molecule has 0 N–H and O–H groups in total. The highest BCUT2D eigenvalue weighted by Crippen LogP contribution is 2.34. The summed E-state index contributed by atoms with van der Waals surface area (Å²) < 4.78 is 41.3. The molecule has 0 aliphatic carbocycles. The molecule has 5 rings (SSSR count). The molecule has 0 spiro atoms. The van der Waals surface area contributed by atoms with E-state index in [1.165, 1.54) is 18.2 Å². The van der Waals surface area contributed by atoms with Gasteiger partial charge in [0.2, 0.25) is 0 Å². The molecule has 6 nitrogen and oxygen atoms in total. The van der Waals surface area contributed by atoms with E-state index in [1.54, 1.807) is 47.4 Å². The Labute approximate surface area is 221 Å². The average Bonchev–Trinajstić information content (AvgIpc) is 3.17. The van der Waals surface area contributed by atoms with Crippen LogP contribution in [0.3, 0.4) is 0 Å². The van der Waals surface area contributed by atoms with Crippen LogP contribution < -0.4 is 4.90 Å². The molecule has 0 unspecified atom stereocenters. The Morgan fingerprint density at radius 1 is 0.868 bits per heavy atom. The van der Waals surface area contributed by atoms with Crippen molar-refractivity contribution < 1.29 is 27.6 Å². The Bertz CT molecular complexity index is 1450. The summed E-state index contributed by atoms with van der Waals surface area (Å²) in [6.07, 6.45) is 1.51. The summed E-state index contributed by atoms with van der Waals surface area (Å²) in [5, 5.41) is -0.565. The summed E-state index contributed by atoms with van der Waals surface area (Å²) in [5.74, 6) is -2.67. The first kappa shape index (κ1) is 25.6. The smallest absolute Gasteiger partial charge is 0.293 e. The van der Waals surface area contributed by atoms with Gasteiger partial charge in [0.25, 0.3) is 17.1 Å². The predicted molar refractivity (Wildman–Crippen MR) is 139 cm³/mol. The molecule has 0 radical (unpaired) electrons. The van der Waals surface area contributed by atoms with Crippen LogP contribution in [0.1, 0.15) is 21.5 Å². The van der Waals surface area contributed by atoms with Gasteiger partial charge in [-0.1, -0.05) is 30.3 Å². The van der Waals surface area contributed by atoms with Gasteiger partial charge in [-0.05, 0) is 53.7 Å². The van der Waals surface area contributed by atoms with Gasteiger partial charge in [-0.3, -0.25) is 19.3 Å². The van der Waals surface area contributed by atoms with Gasteiger partial charge in [0, 0.05) is 43.4 Å². The van der Waals surface area contributed by atoms with Crippen molar-refractivity contribution in [3.05, 3.63) is 106 Å².